The molecule has 0 aliphatic rings. The molecule has 0 aromatic heterocycles. The van der Waals surface area contributed by atoms with Crippen molar-refractivity contribution in [2.45, 2.75) is 0 Å². The van der Waals surface area contributed by atoms with Gasteiger partial charge in [0.25, 0.3) is 0 Å². The van der Waals surface area contributed by atoms with E-state index >= 15 is 0 Å². The minimum atomic E-state index is -3.79. The van der Waals surface area contributed by atoms with Gasteiger partial charge in [-0.3, -0.25) is 0 Å². The number of hydrogen-bond acceptors (Lipinski definition) is 3. The molecule has 4 nitrogen and oxygen atoms in total. The van der Waals surface area contributed by atoms with Crippen molar-refractivity contribution in [3.05, 3.63) is 0 Å². The molecule has 0 spiro atoms. The fraction of sp³-hybridized carbons (Fsp3) is 0. The van der Waals surface area contributed by atoms with Crippen LogP contribution in [0, 0.1) is 0 Å². The van der Waals surface area contributed by atoms with Crippen LogP contribution in [0.1, 0.15) is 0 Å². The van der Waals surface area contributed by atoms with Crippen molar-refractivity contribution in [1.82, 2.24) is 0 Å². The summed E-state index contributed by atoms with van der Waals surface area (Å²) in [6, 6.07) is 0. The molecule has 2 N–H and O–H groups in total. The molecular formula is H2O4SeZn. The van der Waals surface area contributed by atoms with Gasteiger partial charge >= 0.3 is 46.2 Å². The van der Waals surface area contributed by atoms with Gasteiger partial charge in [-0.15, -0.1) is 0 Å². The van der Waals surface area contributed by atoms with E-state index in [1.54, 1.807) is 0 Å². The van der Waals surface area contributed by atoms with Crippen LogP contribution in [-0.2, 0) is 23.3 Å². The Morgan fingerprint density at radius 3 is 1.33 bits per heavy atom. The summed E-state index contributed by atoms with van der Waals surface area (Å²) in [4.78, 5) is 0. The van der Waals surface area contributed by atoms with Crippen LogP contribution in [0.25, 0.3) is 0 Å². The van der Waals surface area contributed by atoms with E-state index in [1.807, 2.05) is 0 Å². The van der Waals surface area contributed by atoms with Crippen LogP contribution in [0.4, 0.5) is 0 Å². The van der Waals surface area contributed by atoms with Gasteiger partial charge in [-0.1, -0.05) is 0 Å². The Kier molecular flexibility index (Phi) is 24.5. The van der Waals surface area contributed by atoms with Crippen molar-refractivity contribution in [3.63, 3.8) is 0 Å². The molecule has 6 heteroatoms. The molecule has 0 heterocycles. The second-order valence-electron chi connectivity index (χ2n) is 0.204. The SMILES string of the molecule is O.O=[Se]([O-])[O-].[Zn+2]. The predicted molar refractivity (Wildman–Crippen MR) is 10.1 cm³/mol. The fourth-order valence-electron chi connectivity index (χ4n) is 0. The van der Waals surface area contributed by atoms with E-state index in [1.165, 1.54) is 0 Å². The van der Waals surface area contributed by atoms with Crippen molar-refractivity contribution in [2.75, 3.05) is 0 Å². The minimum Gasteiger partial charge on any atom is 2.00 e. The number of hydrogen-bond donors (Lipinski definition) is 0. The molecule has 6 heavy (non-hydrogen) atoms. The second-order valence-corrected chi connectivity index (χ2v) is 1.06. The van der Waals surface area contributed by atoms with Gasteiger partial charge in [0.2, 0.25) is 0 Å². The first kappa shape index (κ1) is 15.8. The summed E-state index contributed by atoms with van der Waals surface area (Å²) < 4.78 is 25.6. The summed E-state index contributed by atoms with van der Waals surface area (Å²) in [5.41, 5.74) is 0. The first-order valence-corrected chi connectivity index (χ1v) is 2.60. The Morgan fingerprint density at radius 2 is 1.33 bits per heavy atom. The van der Waals surface area contributed by atoms with E-state index in [4.69, 9.17) is 12.2 Å². The Hall–Kier alpha value is 0.823. The molecule has 0 aromatic rings. The van der Waals surface area contributed by atoms with Gasteiger partial charge < -0.3 is 5.48 Å². The molecule has 0 amide bonds. The summed E-state index contributed by atoms with van der Waals surface area (Å²) in [6.07, 6.45) is 0. The molecular weight excluding hydrogens is 208 g/mol. The Bertz CT molecular complexity index is 30.5. The van der Waals surface area contributed by atoms with Crippen molar-refractivity contribution in [2.24, 2.45) is 0 Å². The third-order valence-corrected chi connectivity index (χ3v) is 0. The van der Waals surface area contributed by atoms with Gasteiger partial charge in [0.15, 0.2) is 0 Å². The minimum absolute atomic E-state index is 0. The van der Waals surface area contributed by atoms with Crippen LogP contribution < -0.4 is 8.38 Å². The van der Waals surface area contributed by atoms with Crippen LogP contribution in [0.15, 0.2) is 0 Å². The van der Waals surface area contributed by atoms with Gasteiger partial charge in [-0.25, -0.2) is 0 Å². The summed E-state index contributed by atoms with van der Waals surface area (Å²) in [7, 11) is 0. The third kappa shape index (κ3) is 104. The van der Waals surface area contributed by atoms with Crippen molar-refractivity contribution in [3.8, 4) is 0 Å². The summed E-state index contributed by atoms with van der Waals surface area (Å²) in [5, 5.41) is 0. The predicted octanol–water partition coefficient (Wildman–Crippen LogP) is -3.70. The van der Waals surface area contributed by atoms with E-state index in [-0.39, 0.29) is 25.0 Å². The molecule has 0 atom stereocenters. The van der Waals surface area contributed by atoms with Gasteiger partial charge in [0, 0.05) is 0 Å². The normalized spacial score (nSPS) is 5.83. The Morgan fingerprint density at radius 1 is 1.33 bits per heavy atom. The molecule has 0 bridgehead atoms. The van der Waals surface area contributed by atoms with E-state index in [9.17, 15) is 0 Å². The zero-order valence-corrected chi connectivity index (χ0v) is 7.52. The van der Waals surface area contributed by atoms with Crippen molar-refractivity contribution < 1.29 is 37.2 Å². The van der Waals surface area contributed by atoms with Crippen LogP contribution in [0.2, 0.25) is 0 Å². The fourth-order valence-corrected chi connectivity index (χ4v) is 0. The summed E-state index contributed by atoms with van der Waals surface area (Å²) in [5.74, 6) is 0. The molecule has 0 radical (unpaired) electrons. The zero-order chi connectivity index (χ0) is 3.58. The summed E-state index contributed by atoms with van der Waals surface area (Å²) in [6.45, 7) is 0. The Labute approximate surface area is 52.0 Å². The quantitative estimate of drug-likeness (QED) is 0.385. The molecule has 0 aliphatic heterocycles. The molecule has 0 aliphatic carbocycles. The smallest absolute Gasteiger partial charge is 2.00 e. The maximum Gasteiger partial charge on any atom is 2.00 e. The van der Waals surface area contributed by atoms with Crippen molar-refractivity contribution in [1.29, 1.82) is 0 Å². The largest absolute Gasteiger partial charge is 2.00 e. The molecule has 0 aromatic carbocycles. The Balaban J connectivity index is -0.0000000450. The molecule has 0 saturated heterocycles. The average molecular weight is 210 g/mol. The molecule has 0 saturated carbocycles. The molecule has 34 valence electrons. The molecule has 0 unspecified atom stereocenters. The van der Waals surface area contributed by atoms with Crippen LogP contribution in [0.5, 0.6) is 0 Å². The van der Waals surface area contributed by atoms with Crippen LogP contribution >= 0.6 is 0 Å². The van der Waals surface area contributed by atoms with E-state index < -0.39 is 14.5 Å². The van der Waals surface area contributed by atoms with Gasteiger partial charge in [-0.2, -0.15) is 0 Å². The van der Waals surface area contributed by atoms with Crippen LogP contribution in [0.3, 0.4) is 0 Å². The first-order chi connectivity index (χ1) is 1.73. The van der Waals surface area contributed by atoms with E-state index in [0.717, 1.165) is 0 Å². The van der Waals surface area contributed by atoms with Gasteiger partial charge in [0.1, 0.15) is 0 Å². The van der Waals surface area contributed by atoms with Gasteiger partial charge in [-0.05, 0) is 0 Å². The molecule has 0 rings (SSSR count). The molecule has 0 fully saturated rings. The maximum absolute atomic E-state index is 8.54. The summed E-state index contributed by atoms with van der Waals surface area (Å²) >= 11 is -3.79. The van der Waals surface area contributed by atoms with E-state index in [2.05, 4.69) is 0 Å². The van der Waals surface area contributed by atoms with E-state index in [0.29, 0.717) is 0 Å². The standard InChI is InChI=1S/H2O3Se.H2O.Zn/c1-4(2)3;;/h(H2,1,2,3);1H2;/q;;+2/p-2. The third-order valence-electron chi connectivity index (χ3n) is 0. The van der Waals surface area contributed by atoms with Gasteiger partial charge in [0.05, 0.1) is 0 Å². The second kappa shape index (κ2) is 9.27. The topological polar surface area (TPSA) is 94.7 Å². The zero-order valence-electron chi connectivity index (χ0n) is 2.84. The average Bonchev–Trinajstić information content (AvgIpc) is 0.811. The first-order valence-electron chi connectivity index (χ1n) is 0.500. The van der Waals surface area contributed by atoms with Crippen molar-refractivity contribution >= 4 is 14.5 Å². The monoisotopic (exact) mass is 210 g/mol. The van der Waals surface area contributed by atoms with Crippen LogP contribution in [-0.4, -0.2) is 20.0 Å². The maximum atomic E-state index is 8.54. The number of rotatable bonds is 0.